The van der Waals surface area contributed by atoms with Gasteiger partial charge in [0.1, 0.15) is 10.6 Å². The summed E-state index contributed by atoms with van der Waals surface area (Å²) >= 11 is 1.25. The number of rotatable bonds is 4. The molecule has 166 valence electrons. The summed E-state index contributed by atoms with van der Waals surface area (Å²) in [4.78, 5) is 18.3. The predicted molar refractivity (Wildman–Crippen MR) is 134 cm³/mol. The van der Waals surface area contributed by atoms with Gasteiger partial charge in [-0.2, -0.15) is 8.42 Å². The van der Waals surface area contributed by atoms with Gasteiger partial charge < -0.3 is 4.18 Å². The summed E-state index contributed by atoms with van der Waals surface area (Å²) in [5.74, 6) is 0.144. The molecule has 2 heterocycles. The number of nitrogens with zero attached hydrogens (tertiary/aromatic N) is 2. The van der Waals surface area contributed by atoms with Crippen LogP contribution in [0.3, 0.4) is 0 Å². The van der Waals surface area contributed by atoms with Gasteiger partial charge >= 0.3 is 10.1 Å². The number of imidazole rings is 1. The lowest BCUT2D eigenvalue weighted by atomic mass is 10.1. The van der Waals surface area contributed by atoms with Crippen LogP contribution in [0.25, 0.3) is 32.8 Å². The Bertz CT molecular complexity index is 1940. The molecule has 0 saturated carbocycles. The molecule has 0 aliphatic carbocycles. The monoisotopic (exact) mass is 484 g/mol. The van der Waals surface area contributed by atoms with E-state index in [4.69, 9.17) is 4.18 Å². The fourth-order valence-electron chi connectivity index (χ4n) is 3.92. The first-order valence-corrected chi connectivity index (χ1v) is 12.7. The quantitative estimate of drug-likeness (QED) is 0.347. The van der Waals surface area contributed by atoms with Crippen molar-refractivity contribution >= 4 is 54.3 Å². The predicted octanol–water partition coefficient (Wildman–Crippen LogP) is 4.38. The van der Waals surface area contributed by atoms with E-state index in [9.17, 15) is 13.2 Å². The molecule has 2 aromatic heterocycles. The standard InChI is InChI=1S/C26H16N2O4S2/c29-25-24(33-26-27-21-10-4-5-11-22(21)28(25)26)16-19-9-3-6-12-23(19)32-34(30,31)20-14-13-17-7-1-2-8-18(17)15-20/h1-16H. The third kappa shape index (κ3) is 3.44. The average molecular weight is 485 g/mol. The maximum atomic E-state index is 13.1. The zero-order valence-corrected chi connectivity index (χ0v) is 19.2. The largest absolute Gasteiger partial charge is 0.378 e. The van der Waals surface area contributed by atoms with Crippen molar-refractivity contribution in [1.82, 2.24) is 9.38 Å². The van der Waals surface area contributed by atoms with E-state index in [-0.39, 0.29) is 16.2 Å². The van der Waals surface area contributed by atoms with Crippen LogP contribution in [0.2, 0.25) is 0 Å². The molecule has 0 aliphatic rings. The van der Waals surface area contributed by atoms with Gasteiger partial charge in [0, 0.05) is 5.56 Å². The van der Waals surface area contributed by atoms with Crippen LogP contribution in [-0.4, -0.2) is 17.8 Å². The highest BCUT2D eigenvalue weighted by Crippen LogP contribution is 2.26. The van der Waals surface area contributed by atoms with Gasteiger partial charge in [-0.1, -0.05) is 72.0 Å². The van der Waals surface area contributed by atoms with Gasteiger partial charge in [0.2, 0.25) is 0 Å². The SMILES string of the molecule is O=c1c(=Cc2ccccc2OS(=O)(=O)c2ccc3ccccc3c2)sc2nc3ccccc3n12. The zero-order chi connectivity index (χ0) is 23.3. The van der Waals surface area contributed by atoms with E-state index in [1.807, 2.05) is 48.5 Å². The Morgan fingerprint density at radius 3 is 2.47 bits per heavy atom. The Morgan fingerprint density at radius 2 is 1.59 bits per heavy atom. The fourth-order valence-corrected chi connectivity index (χ4v) is 5.89. The first-order valence-electron chi connectivity index (χ1n) is 10.4. The van der Waals surface area contributed by atoms with Crippen LogP contribution in [0.4, 0.5) is 0 Å². The number of fused-ring (bicyclic) bond motifs is 4. The van der Waals surface area contributed by atoms with Gasteiger partial charge in [-0.05, 0) is 47.2 Å². The van der Waals surface area contributed by atoms with E-state index in [0.29, 0.717) is 15.1 Å². The Kier molecular flexibility index (Phi) is 4.72. The van der Waals surface area contributed by atoms with Crippen LogP contribution in [0.1, 0.15) is 5.56 Å². The molecular weight excluding hydrogens is 468 g/mol. The number of thiazole rings is 1. The van der Waals surface area contributed by atoms with Gasteiger partial charge in [-0.3, -0.25) is 4.79 Å². The second-order valence-corrected chi connectivity index (χ2v) is 10.3. The number of para-hydroxylation sites is 3. The van der Waals surface area contributed by atoms with E-state index in [2.05, 4.69) is 4.98 Å². The van der Waals surface area contributed by atoms with Crippen LogP contribution in [0.15, 0.2) is 101 Å². The van der Waals surface area contributed by atoms with Crippen LogP contribution in [0, 0.1) is 0 Å². The minimum absolute atomic E-state index is 0.0616. The molecule has 0 N–H and O–H groups in total. The van der Waals surface area contributed by atoms with Crippen LogP contribution in [-0.2, 0) is 10.1 Å². The Hall–Kier alpha value is -4.01. The highest BCUT2D eigenvalue weighted by Gasteiger charge is 2.19. The summed E-state index contributed by atoms with van der Waals surface area (Å²) in [5, 5.41) is 1.74. The second kappa shape index (κ2) is 7.79. The van der Waals surface area contributed by atoms with Gasteiger partial charge in [0.25, 0.3) is 5.56 Å². The minimum Gasteiger partial charge on any atom is -0.378 e. The van der Waals surface area contributed by atoms with Crippen molar-refractivity contribution < 1.29 is 12.6 Å². The third-order valence-electron chi connectivity index (χ3n) is 5.56. The van der Waals surface area contributed by atoms with E-state index >= 15 is 0 Å². The van der Waals surface area contributed by atoms with E-state index < -0.39 is 10.1 Å². The maximum absolute atomic E-state index is 13.1. The average Bonchev–Trinajstić information content (AvgIpc) is 3.36. The molecule has 0 aliphatic heterocycles. The van der Waals surface area contributed by atoms with Crippen molar-refractivity contribution in [1.29, 1.82) is 0 Å². The Labute approximate surface area is 198 Å². The molecule has 0 amide bonds. The summed E-state index contributed by atoms with van der Waals surface area (Å²) in [5.41, 5.74) is 1.77. The summed E-state index contributed by atoms with van der Waals surface area (Å²) in [6.45, 7) is 0. The highest BCUT2D eigenvalue weighted by atomic mass is 32.2. The van der Waals surface area contributed by atoms with Crippen LogP contribution in [0.5, 0.6) is 5.75 Å². The van der Waals surface area contributed by atoms with Crippen molar-refractivity contribution in [3.63, 3.8) is 0 Å². The van der Waals surface area contributed by atoms with E-state index in [1.54, 1.807) is 46.9 Å². The fraction of sp³-hybridized carbons (Fsp3) is 0. The summed E-state index contributed by atoms with van der Waals surface area (Å²) in [7, 11) is -4.08. The lowest BCUT2D eigenvalue weighted by molar-refractivity contribution is 0.485. The number of aromatic nitrogens is 2. The molecule has 0 spiro atoms. The van der Waals surface area contributed by atoms with E-state index in [1.165, 1.54) is 17.4 Å². The number of hydrogen-bond donors (Lipinski definition) is 0. The van der Waals surface area contributed by atoms with Crippen molar-refractivity contribution in [2.75, 3.05) is 0 Å². The summed E-state index contributed by atoms with van der Waals surface area (Å²) in [6.07, 6.45) is 1.64. The van der Waals surface area contributed by atoms with Crippen LogP contribution < -0.4 is 14.3 Å². The molecule has 0 radical (unpaired) electrons. The first-order chi connectivity index (χ1) is 16.5. The molecule has 0 saturated heterocycles. The third-order valence-corrected chi connectivity index (χ3v) is 7.76. The summed E-state index contributed by atoms with van der Waals surface area (Å²) in [6, 6.07) is 26.6. The minimum atomic E-state index is -4.08. The van der Waals surface area contributed by atoms with Gasteiger partial charge in [0.05, 0.1) is 15.6 Å². The smallest absolute Gasteiger partial charge is 0.339 e. The molecule has 6 nitrogen and oxygen atoms in total. The molecule has 6 aromatic rings. The summed E-state index contributed by atoms with van der Waals surface area (Å²) < 4.78 is 33.6. The molecule has 8 heteroatoms. The highest BCUT2D eigenvalue weighted by molar-refractivity contribution is 7.87. The molecule has 0 fully saturated rings. The van der Waals surface area contributed by atoms with Crippen molar-refractivity contribution in [2.45, 2.75) is 4.90 Å². The lowest BCUT2D eigenvalue weighted by Crippen LogP contribution is -2.22. The molecule has 0 unspecified atom stereocenters. The first kappa shape index (κ1) is 20.6. The maximum Gasteiger partial charge on any atom is 0.339 e. The lowest BCUT2D eigenvalue weighted by Gasteiger charge is -2.10. The molecule has 4 aromatic carbocycles. The van der Waals surface area contributed by atoms with Gasteiger partial charge in [-0.15, -0.1) is 0 Å². The van der Waals surface area contributed by atoms with Crippen LogP contribution >= 0.6 is 11.3 Å². The topological polar surface area (TPSA) is 77.7 Å². The molecule has 34 heavy (non-hydrogen) atoms. The normalized spacial score (nSPS) is 12.6. The molecule has 6 rings (SSSR count). The Morgan fingerprint density at radius 1 is 0.853 bits per heavy atom. The second-order valence-electron chi connectivity index (χ2n) is 7.72. The molecular formula is C26H16N2O4S2. The molecule has 0 atom stereocenters. The zero-order valence-electron chi connectivity index (χ0n) is 17.6. The van der Waals surface area contributed by atoms with Crippen molar-refractivity contribution in [2.24, 2.45) is 0 Å². The Balaban J connectivity index is 1.43. The van der Waals surface area contributed by atoms with Gasteiger partial charge in [0.15, 0.2) is 4.96 Å². The van der Waals surface area contributed by atoms with Crippen molar-refractivity contribution in [3.05, 3.63) is 111 Å². The molecule has 0 bridgehead atoms. The van der Waals surface area contributed by atoms with E-state index in [0.717, 1.165) is 21.8 Å². The number of benzene rings is 4. The number of hydrogen-bond acceptors (Lipinski definition) is 6. The van der Waals surface area contributed by atoms with Gasteiger partial charge in [-0.25, -0.2) is 9.38 Å². The van der Waals surface area contributed by atoms with Crippen molar-refractivity contribution in [3.8, 4) is 5.75 Å².